The van der Waals surface area contributed by atoms with Crippen molar-refractivity contribution in [1.29, 1.82) is 0 Å². The highest BCUT2D eigenvalue weighted by atomic mass is 35.5. The van der Waals surface area contributed by atoms with Gasteiger partial charge in [0.2, 0.25) is 0 Å². The maximum Gasteiger partial charge on any atom is 0.157 e. The minimum Gasteiger partial charge on any atom is -0.0979 e. The second-order valence-corrected chi connectivity index (χ2v) is 8.06. The summed E-state index contributed by atoms with van der Waals surface area (Å²) in [4.78, 5) is 0. The third-order valence-corrected chi connectivity index (χ3v) is 7.69. The molecule has 82 valence electrons. The number of halogens is 4. The molecular weight excluding hydrogens is 262 g/mol. The van der Waals surface area contributed by atoms with Gasteiger partial charge in [0.25, 0.3) is 0 Å². The van der Waals surface area contributed by atoms with Gasteiger partial charge in [0.15, 0.2) is 8.67 Å². The number of rotatable bonds is 0. The zero-order chi connectivity index (χ0) is 11.0. The van der Waals surface area contributed by atoms with Crippen LogP contribution in [0.5, 0.6) is 0 Å². The van der Waals surface area contributed by atoms with Gasteiger partial charge < -0.3 is 0 Å². The average Bonchev–Trinajstić information content (AvgIpc) is 2.26. The van der Waals surface area contributed by atoms with Crippen LogP contribution in [-0.2, 0) is 0 Å². The zero-order valence-electron chi connectivity index (χ0n) is 8.50. The molecule has 14 heavy (non-hydrogen) atoms. The van der Waals surface area contributed by atoms with Crippen LogP contribution < -0.4 is 0 Å². The Morgan fingerprint density at radius 2 is 1.50 bits per heavy atom. The Hall–Kier alpha value is 1.16. The van der Waals surface area contributed by atoms with Crippen LogP contribution in [-0.4, -0.2) is 8.67 Å². The fourth-order valence-electron chi connectivity index (χ4n) is 3.28. The molecule has 0 nitrogen and oxygen atoms in total. The molecule has 2 fully saturated rings. The van der Waals surface area contributed by atoms with Gasteiger partial charge in [-0.2, -0.15) is 0 Å². The molecule has 0 amide bonds. The van der Waals surface area contributed by atoms with E-state index in [4.69, 9.17) is 46.4 Å². The summed E-state index contributed by atoms with van der Waals surface area (Å²) < 4.78 is -2.07. The second kappa shape index (κ2) is 2.70. The summed E-state index contributed by atoms with van der Waals surface area (Å²) in [6.07, 6.45) is 2.01. The highest BCUT2D eigenvalue weighted by Crippen LogP contribution is 2.79. The first-order valence-electron chi connectivity index (χ1n) is 4.85. The van der Waals surface area contributed by atoms with Crippen molar-refractivity contribution in [3.63, 3.8) is 0 Å². The van der Waals surface area contributed by atoms with Crippen LogP contribution in [0.2, 0.25) is 0 Å². The third kappa shape index (κ3) is 0.913. The van der Waals surface area contributed by atoms with E-state index < -0.39 is 8.67 Å². The van der Waals surface area contributed by atoms with Gasteiger partial charge in [-0.1, -0.05) is 67.2 Å². The quantitative estimate of drug-likeness (QED) is 0.558. The molecule has 2 atom stereocenters. The van der Waals surface area contributed by atoms with E-state index in [1.165, 1.54) is 0 Å². The molecule has 2 bridgehead atoms. The summed E-state index contributed by atoms with van der Waals surface area (Å²) in [5.41, 5.74) is -0.197. The molecule has 2 rings (SSSR count). The summed E-state index contributed by atoms with van der Waals surface area (Å²) in [7, 11) is 0. The Labute approximate surface area is 105 Å². The summed E-state index contributed by atoms with van der Waals surface area (Å²) in [5.74, 6) is 0.179. The predicted octanol–water partition coefficient (Wildman–Crippen LogP) is 4.79. The molecule has 0 radical (unpaired) electrons. The number of hydrogen-bond acceptors (Lipinski definition) is 0. The second-order valence-electron chi connectivity index (χ2n) is 5.34. The van der Waals surface area contributed by atoms with Crippen LogP contribution in [0.4, 0.5) is 0 Å². The normalized spacial score (nSPS) is 46.9. The van der Waals surface area contributed by atoms with Crippen LogP contribution in [0, 0.1) is 16.7 Å². The van der Waals surface area contributed by atoms with Crippen molar-refractivity contribution in [3.8, 4) is 0 Å². The topological polar surface area (TPSA) is 0 Å². The van der Waals surface area contributed by atoms with E-state index in [9.17, 15) is 0 Å². The molecule has 0 saturated heterocycles. The van der Waals surface area contributed by atoms with Crippen LogP contribution in [0.15, 0.2) is 0 Å². The minimum atomic E-state index is -1.05. The van der Waals surface area contributed by atoms with Gasteiger partial charge in [0.1, 0.15) is 0 Å². The fraction of sp³-hybridized carbons (Fsp3) is 1.00. The van der Waals surface area contributed by atoms with E-state index >= 15 is 0 Å². The molecule has 0 N–H and O–H groups in total. The molecule has 0 aromatic heterocycles. The van der Waals surface area contributed by atoms with Crippen molar-refractivity contribution in [2.24, 2.45) is 16.7 Å². The number of hydrogen-bond donors (Lipinski definition) is 0. The van der Waals surface area contributed by atoms with E-state index in [0.29, 0.717) is 0 Å². The molecule has 0 heterocycles. The Kier molecular flexibility index (Phi) is 2.24. The molecule has 2 saturated carbocycles. The first-order valence-corrected chi connectivity index (χ1v) is 6.36. The lowest BCUT2D eigenvalue weighted by molar-refractivity contribution is 0.145. The highest BCUT2D eigenvalue weighted by Gasteiger charge is 2.79. The lowest BCUT2D eigenvalue weighted by Crippen LogP contribution is -2.47. The van der Waals surface area contributed by atoms with E-state index in [1.54, 1.807) is 0 Å². The molecule has 2 unspecified atom stereocenters. The third-order valence-electron chi connectivity index (χ3n) is 4.78. The summed E-state index contributed by atoms with van der Waals surface area (Å²) in [6, 6.07) is 0. The van der Waals surface area contributed by atoms with Gasteiger partial charge in [0, 0.05) is 11.3 Å². The molecule has 2 aliphatic carbocycles. The molecule has 0 spiro atoms. The van der Waals surface area contributed by atoms with Crippen molar-refractivity contribution in [2.75, 3.05) is 0 Å². The molecule has 2 aliphatic rings. The molecule has 0 aromatic carbocycles. The van der Waals surface area contributed by atoms with Gasteiger partial charge in [0.05, 0.1) is 0 Å². The standard InChI is InChI=1S/C10H14Cl4/c1-7(2)6-4-5-8(7,3)10(13,14)9(6,11)12/h6H,4-5H2,1-3H3. The van der Waals surface area contributed by atoms with Crippen molar-refractivity contribution in [1.82, 2.24) is 0 Å². The average molecular weight is 276 g/mol. The Bertz CT molecular complexity index is 274. The van der Waals surface area contributed by atoms with Gasteiger partial charge in [-0.25, -0.2) is 0 Å². The van der Waals surface area contributed by atoms with E-state index in [-0.39, 0.29) is 16.7 Å². The van der Waals surface area contributed by atoms with E-state index in [0.717, 1.165) is 12.8 Å². The number of alkyl halides is 4. The van der Waals surface area contributed by atoms with E-state index in [1.807, 2.05) is 0 Å². The van der Waals surface area contributed by atoms with Gasteiger partial charge >= 0.3 is 0 Å². The summed E-state index contributed by atoms with van der Waals surface area (Å²) in [5, 5.41) is 0. The lowest BCUT2D eigenvalue weighted by Gasteiger charge is -2.43. The first-order chi connectivity index (χ1) is 6.09. The SMILES string of the molecule is CC1(C)C2CCC1(C)C(Cl)(Cl)C2(Cl)Cl. The van der Waals surface area contributed by atoms with Gasteiger partial charge in [-0.15, -0.1) is 0 Å². The minimum absolute atomic E-state index is 0.000000000000000222. The highest BCUT2D eigenvalue weighted by molar-refractivity contribution is 6.63. The van der Waals surface area contributed by atoms with Crippen LogP contribution in [0.1, 0.15) is 33.6 Å². The lowest BCUT2D eigenvalue weighted by atomic mass is 9.70. The van der Waals surface area contributed by atoms with Crippen molar-refractivity contribution >= 4 is 46.4 Å². The van der Waals surface area contributed by atoms with Crippen LogP contribution >= 0.6 is 46.4 Å². The Morgan fingerprint density at radius 1 is 1.00 bits per heavy atom. The predicted molar refractivity (Wildman–Crippen MR) is 63.5 cm³/mol. The Morgan fingerprint density at radius 3 is 1.71 bits per heavy atom. The maximum atomic E-state index is 6.38. The van der Waals surface area contributed by atoms with Crippen molar-refractivity contribution in [2.45, 2.75) is 42.3 Å². The molecular formula is C10H14Cl4. The van der Waals surface area contributed by atoms with Crippen molar-refractivity contribution in [3.05, 3.63) is 0 Å². The number of fused-ring (bicyclic) bond motifs is 2. The molecule has 0 aliphatic heterocycles. The molecule has 4 heteroatoms. The maximum absolute atomic E-state index is 6.38. The monoisotopic (exact) mass is 274 g/mol. The zero-order valence-corrected chi connectivity index (χ0v) is 11.5. The van der Waals surface area contributed by atoms with Gasteiger partial charge in [-0.05, 0) is 18.3 Å². The van der Waals surface area contributed by atoms with Crippen molar-refractivity contribution < 1.29 is 0 Å². The molecule has 0 aromatic rings. The van der Waals surface area contributed by atoms with E-state index in [2.05, 4.69) is 20.8 Å². The Balaban J connectivity index is 2.62. The smallest absolute Gasteiger partial charge is 0.0979 e. The fourth-order valence-corrected chi connectivity index (χ4v) is 5.40. The first kappa shape index (κ1) is 11.6. The van der Waals surface area contributed by atoms with Crippen LogP contribution in [0.3, 0.4) is 0 Å². The summed E-state index contributed by atoms with van der Waals surface area (Å²) >= 11 is 25.4. The largest absolute Gasteiger partial charge is 0.157 e. The summed E-state index contributed by atoms with van der Waals surface area (Å²) in [6.45, 7) is 6.42. The van der Waals surface area contributed by atoms with Gasteiger partial charge in [-0.3, -0.25) is 0 Å². The van der Waals surface area contributed by atoms with Crippen LogP contribution in [0.25, 0.3) is 0 Å².